The van der Waals surface area contributed by atoms with E-state index in [1.165, 1.54) is 46.7 Å². The van der Waals surface area contributed by atoms with Gasteiger partial charge in [0.05, 0.1) is 30.5 Å². The van der Waals surface area contributed by atoms with Gasteiger partial charge in [0.2, 0.25) is 0 Å². The summed E-state index contributed by atoms with van der Waals surface area (Å²) in [6.45, 7) is 3.78. The maximum absolute atomic E-state index is 7.26. The number of ether oxygens (including phenoxy) is 3. The Kier molecular flexibility index (Phi) is 6.32. The van der Waals surface area contributed by atoms with Crippen molar-refractivity contribution < 1.29 is 14.2 Å². The lowest BCUT2D eigenvalue weighted by Crippen LogP contribution is -2.49. The molecule has 5 atom stereocenters. The zero-order chi connectivity index (χ0) is 23.9. The van der Waals surface area contributed by atoms with E-state index in [-0.39, 0.29) is 17.3 Å². The molecular formula is C31H39NO3. The van der Waals surface area contributed by atoms with Crippen LogP contribution in [0.25, 0.3) is 10.8 Å². The smallest absolute Gasteiger partial charge is 0.0966 e. The molecule has 1 aromatic carbocycles. The zero-order valence-electron chi connectivity index (χ0n) is 21.3. The van der Waals surface area contributed by atoms with Gasteiger partial charge in [-0.25, -0.2) is 0 Å². The summed E-state index contributed by atoms with van der Waals surface area (Å²) in [7, 11) is 1.74. The first-order valence-electron chi connectivity index (χ1n) is 13.7. The molecule has 2 fully saturated rings. The SMILES string of the molecule is COCCO[C@H]1CCC2=C/C3=C/CCC(c4ccc5ccncc5c4)CC[C@H](C)[C@@]34CC[C@]2(C1)O4. The summed E-state index contributed by atoms with van der Waals surface area (Å²) < 4.78 is 18.7. The van der Waals surface area contributed by atoms with Crippen LogP contribution in [0.2, 0.25) is 0 Å². The van der Waals surface area contributed by atoms with Gasteiger partial charge in [0.15, 0.2) is 0 Å². The predicted octanol–water partition coefficient (Wildman–Crippen LogP) is 6.90. The molecule has 1 aromatic heterocycles. The summed E-state index contributed by atoms with van der Waals surface area (Å²) in [6.07, 6.45) is 19.4. The Morgan fingerprint density at radius 3 is 2.91 bits per heavy atom. The number of rotatable bonds is 5. The van der Waals surface area contributed by atoms with E-state index in [1.807, 2.05) is 12.4 Å². The highest BCUT2D eigenvalue weighted by Crippen LogP contribution is 2.59. The van der Waals surface area contributed by atoms with Crippen LogP contribution in [0.1, 0.15) is 76.2 Å². The number of hydrogen-bond acceptors (Lipinski definition) is 4. The molecule has 1 saturated heterocycles. The van der Waals surface area contributed by atoms with Gasteiger partial charge in [-0.1, -0.05) is 31.2 Å². The first-order chi connectivity index (χ1) is 17.1. The van der Waals surface area contributed by atoms with Crippen molar-refractivity contribution in [2.45, 2.75) is 87.9 Å². The highest BCUT2D eigenvalue weighted by molar-refractivity contribution is 5.82. The number of fused-ring (bicyclic) bond motifs is 1. The minimum atomic E-state index is -0.125. The Morgan fingerprint density at radius 2 is 2.00 bits per heavy atom. The summed E-state index contributed by atoms with van der Waals surface area (Å²) in [5, 5.41) is 2.52. The third kappa shape index (κ3) is 4.18. The lowest BCUT2D eigenvalue weighted by Gasteiger charge is -2.48. The fraction of sp³-hybridized carbons (Fsp3) is 0.581. The Labute approximate surface area is 209 Å². The van der Waals surface area contributed by atoms with Crippen LogP contribution in [0.3, 0.4) is 0 Å². The summed E-state index contributed by atoms with van der Waals surface area (Å²) in [4.78, 5) is 4.35. The number of allylic oxidation sites excluding steroid dienone is 1. The zero-order valence-corrected chi connectivity index (χ0v) is 21.3. The van der Waals surface area contributed by atoms with E-state index in [1.54, 1.807) is 7.11 Å². The molecule has 0 amide bonds. The van der Waals surface area contributed by atoms with Gasteiger partial charge < -0.3 is 14.2 Å². The van der Waals surface area contributed by atoms with Gasteiger partial charge in [0.1, 0.15) is 0 Å². The van der Waals surface area contributed by atoms with E-state index in [2.05, 4.69) is 48.3 Å². The Balaban J connectivity index is 1.24. The Morgan fingerprint density at radius 1 is 1.06 bits per heavy atom. The fourth-order valence-electron chi connectivity index (χ4n) is 7.33. The monoisotopic (exact) mass is 473 g/mol. The minimum Gasteiger partial charge on any atom is -0.382 e. The molecule has 2 bridgehead atoms. The van der Waals surface area contributed by atoms with Gasteiger partial charge >= 0.3 is 0 Å². The third-order valence-electron chi connectivity index (χ3n) is 9.37. The molecule has 2 aliphatic heterocycles. The number of pyridine rings is 1. The topological polar surface area (TPSA) is 40.6 Å². The quantitative estimate of drug-likeness (QED) is 0.443. The molecule has 6 rings (SSSR count). The van der Waals surface area contributed by atoms with Crippen LogP contribution in [0.5, 0.6) is 0 Å². The average Bonchev–Trinajstić information content (AvgIpc) is 3.23. The molecule has 1 unspecified atom stereocenters. The van der Waals surface area contributed by atoms with Crippen LogP contribution < -0.4 is 0 Å². The largest absolute Gasteiger partial charge is 0.382 e. The van der Waals surface area contributed by atoms with Crippen molar-refractivity contribution in [2.24, 2.45) is 5.92 Å². The molecule has 0 N–H and O–H groups in total. The van der Waals surface area contributed by atoms with E-state index in [9.17, 15) is 0 Å². The van der Waals surface area contributed by atoms with E-state index in [0.717, 1.165) is 38.5 Å². The summed E-state index contributed by atoms with van der Waals surface area (Å²) in [5.74, 6) is 1.09. The fourth-order valence-corrected chi connectivity index (χ4v) is 7.33. The van der Waals surface area contributed by atoms with Crippen molar-refractivity contribution in [3.05, 3.63) is 65.5 Å². The van der Waals surface area contributed by atoms with Crippen LogP contribution in [0.4, 0.5) is 0 Å². The van der Waals surface area contributed by atoms with Crippen LogP contribution in [-0.4, -0.2) is 42.6 Å². The summed E-state index contributed by atoms with van der Waals surface area (Å²) in [5.41, 5.74) is 4.22. The molecule has 186 valence electrons. The van der Waals surface area contributed by atoms with E-state index >= 15 is 0 Å². The molecule has 0 radical (unpaired) electrons. The molecule has 4 aliphatic rings. The van der Waals surface area contributed by atoms with E-state index in [4.69, 9.17) is 14.2 Å². The van der Waals surface area contributed by atoms with Crippen LogP contribution in [0, 0.1) is 5.92 Å². The molecule has 35 heavy (non-hydrogen) atoms. The van der Waals surface area contributed by atoms with Crippen LogP contribution in [0.15, 0.2) is 60.0 Å². The molecule has 2 spiro atoms. The maximum atomic E-state index is 7.26. The maximum Gasteiger partial charge on any atom is 0.0966 e. The first kappa shape index (κ1) is 23.4. The highest BCUT2D eigenvalue weighted by atomic mass is 16.5. The summed E-state index contributed by atoms with van der Waals surface area (Å²) in [6, 6.07) is 9.08. The number of aromatic nitrogens is 1. The molecule has 1 saturated carbocycles. The normalized spacial score (nSPS) is 36.2. The third-order valence-corrected chi connectivity index (χ3v) is 9.37. The van der Waals surface area contributed by atoms with E-state index in [0.29, 0.717) is 25.0 Å². The lowest BCUT2D eigenvalue weighted by atomic mass is 9.74. The molecule has 4 heteroatoms. The highest BCUT2D eigenvalue weighted by Gasteiger charge is 2.59. The molecule has 2 aromatic rings. The lowest BCUT2D eigenvalue weighted by molar-refractivity contribution is -0.131. The van der Waals surface area contributed by atoms with Crippen LogP contribution in [-0.2, 0) is 14.2 Å². The second-order valence-electron chi connectivity index (χ2n) is 11.3. The van der Waals surface area contributed by atoms with Gasteiger partial charge in [-0.2, -0.15) is 0 Å². The van der Waals surface area contributed by atoms with Crippen molar-refractivity contribution in [1.82, 2.24) is 4.98 Å². The van der Waals surface area contributed by atoms with Crippen molar-refractivity contribution in [2.75, 3.05) is 20.3 Å². The average molecular weight is 474 g/mol. The van der Waals surface area contributed by atoms with Gasteiger partial charge in [0, 0.05) is 31.3 Å². The predicted molar refractivity (Wildman–Crippen MR) is 140 cm³/mol. The first-order valence-corrected chi connectivity index (χ1v) is 13.7. The second-order valence-corrected chi connectivity index (χ2v) is 11.3. The molecular weight excluding hydrogens is 434 g/mol. The van der Waals surface area contributed by atoms with Crippen molar-refractivity contribution in [1.29, 1.82) is 0 Å². The van der Waals surface area contributed by atoms with Gasteiger partial charge in [-0.3, -0.25) is 4.98 Å². The molecule has 2 aliphatic carbocycles. The summed E-state index contributed by atoms with van der Waals surface area (Å²) >= 11 is 0. The van der Waals surface area contributed by atoms with Crippen molar-refractivity contribution in [3.8, 4) is 0 Å². The standard InChI is InChI=1S/C31H39NO3/c1-22-6-7-23(25-9-8-24-12-15-32-21-26(24)18-25)4-3-5-28-19-27-10-11-29(34-17-16-33-2)20-30(27)13-14-31(22,28)35-30/h5,8-9,12,15,18-19,21-23,29H,3-4,6-7,10-11,13-14,16-17,20H2,1-2H3/b28-5-/t22-,23?,29-,30+,31-/m0/s1. The Hall–Kier alpha value is -2.01. The van der Waals surface area contributed by atoms with Crippen molar-refractivity contribution >= 4 is 10.8 Å². The van der Waals surface area contributed by atoms with Crippen LogP contribution >= 0.6 is 0 Å². The minimum absolute atomic E-state index is 0.111. The number of nitrogens with zero attached hydrogens (tertiary/aromatic N) is 1. The number of methoxy groups -OCH3 is 1. The van der Waals surface area contributed by atoms with E-state index < -0.39 is 0 Å². The number of hydrogen-bond donors (Lipinski definition) is 0. The molecule has 4 nitrogen and oxygen atoms in total. The molecule has 3 heterocycles. The van der Waals surface area contributed by atoms with Gasteiger partial charge in [0.25, 0.3) is 0 Å². The van der Waals surface area contributed by atoms with Gasteiger partial charge in [-0.05, 0) is 97.4 Å². The second kappa shape index (κ2) is 9.46. The number of benzene rings is 1. The van der Waals surface area contributed by atoms with Gasteiger partial charge in [-0.15, -0.1) is 0 Å². The Bertz CT molecular complexity index is 1140. The van der Waals surface area contributed by atoms with Crippen molar-refractivity contribution in [3.63, 3.8) is 0 Å².